The van der Waals surface area contributed by atoms with E-state index in [0.717, 1.165) is 6.54 Å². The fraction of sp³-hybridized carbons (Fsp3) is 0.714. The summed E-state index contributed by atoms with van der Waals surface area (Å²) in [6.07, 6.45) is 0. The summed E-state index contributed by atoms with van der Waals surface area (Å²) in [4.78, 5) is 20.9. The van der Waals surface area contributed by atoms with Crippen molar-refractivity contribution in [3.63, 3.8) is 0 Å². The van der Waals surface area contributed by atoms with Crippen LogP contribution in [0.15, 0.2) is 0 Å². The van der Waals surface area contributed by atoms with Crippen LogP contribution in [0.5, 0.6) is 0 Å². The van der Waals surface area contributed by atoms with Crippen molar-refractivity contribution in [3.8, 4) is 0 Å². The number of nitrogens with two attached hydrogens (primary N) is 1. The van der Waals surface area contributed by atoms with Gasteiger partial charge in [0.05, 0.1) is 13.1 Å². The predicted molar refractivity (Wildman–Crippen MR) is 47.5 cm³/mol. The number of rotatable bonds is 4. The van der Waals surface area contributed by atoms with Crippen molar-refractivity contribution in [3.05, 3.63) is 0 Å². The molecule has 0 rings (SSSR count). The van der Waals surface area contributed by atoms with E-state index in [1.807, 2.05) is 6.92 Å². The van der Waals surface area contributed by atoms with Gasteiger partial charge in [0, 0.05) is 0 Å². The van der Waals surface area contributed by atoms with Crippen molar-refractivity contribution in [2.75, 3.05) is 26.7 Å². The second kappa shape index (κ2) is 8.95. The van der Waals surface area contributed by atoms with Crippen LogP contribution in [0.1, 0.15) is 6.92 Å². The first kappa shape index (κ1) is 14.4. The molecule has 0 aromatic heterocycles. The molecule has 6 heteroatoms. The zero-order valence-corrected chi connectivity index (χ0v) is 7.86. The molecule has 0 spiro atoms. The molecule has 0 bridgehead atoms. The van der Waals surface area contributed by atoms with Gasteiger partial charge in [-0.15, -0.1) is 0 Å². The summed E-state index contributed by atoms with van der Waals surface area (Å²) in [6, 6.07) is 0. The van der Waals surface area contributed by atoms with E-state index in [1.54, 1.807) is 11.9 Å². The summed E-state index contributed by atoms with van der Waals surface area (Å²) in [7, 11) is 1.77. The quantitative estimate of drug-likeness (QED) is 0.530. The fourth-order valence-corrected chi connectivity index (χ4v) is 0.343. The van der Waals surface area contributed by atoms with Gasteiger partial charge in [-0.3, -0.25) is 14.5 Å². The number of likely N-dealkylation sites (N-methyl/N-ethyl adjacent to an activating group) is 1. The Hall–Kier alpha value is -1.14. The number of carboxylic acid groups (broad SMARTS) is 2. The average molecular weight is 192 g/mol. The summed E-state index contributed by atoms with van der Waals surface area (Å²) in [5.74, 6) is -1.74. The van der Waals surface area contributed by atoms with Gasteiger partial charge in [-0.2, -0.15) is 0 Å². The highest BCUT2D eigenvalue weighted by molar-refractivity contribution is 5.69. The van der Waals surface area contributed by atoms with E-state index in [9.17, 15) is 9.59 Å². The molecule has 4 N–H and O–H groups in total. The van der Waals surface area contributed by atoms with Crippen LogP contribution in [-0.4, -0.2) is 53.7 Å². The first-order valence-electron chi connectivity index (χ1n) is 3.76. The first-order valence-corrected chi connectivity index (χ1v) is 3.76. The number of hydrogen-bond acceptors (Lipinski definition) is 4. The van der Waals surface area contributed by atoms with E-state index in [4.69, 9.17) is 10.2 Å². The Morgan fingerprint density at radius 2 is 1.69 bits per heavy atom. The van der Waals surface area contributed by atoms with Crippen molar-refractivity contribution in [1.29, 1.82) is 0 Å². The molecule has 0 atom stereocenters. The Kier molecular flexibility index (Phi) is 9.91. The molecule has 13 heavy (non-hydrogen) atoms. The number of nitrogens with zero attached hydrogens (tertiary/aromatic N) is 1. The van der Waals surface area contributed by atoms with Crippen molar-refractivity contribution in [1.82, 2.24) is 4.90 Å². The summed E-state index contributed by atoms with van der Waals surface area (Å²) in [5, 5.41) is 15.8. The lowest BCUT2D eigenvalue weighted by atomic mass is 10.5. The number of hydrogen-bond donors (Lipinski definition) is 3. The Balaban J connectivity index is 0. The van der Waals surface area contributed by atoms with Crippen LogP contribution in [0.4, 0.5) is 0 Å². The molecule has 0 heterocycles. The zero-order valence-electron chi connectivity index (χ0n) is 7.86. The van der Waals surface area contributed by atoms with Gasteiger partial charge in [-0.1, -0.05) is 6.92 Å². The first-order chi connectivity index (χ1) is 5.93. The Bertz CT molecular complexity index is 161. The van der Waals surface area contributed by atoms with Gasteiger partial charge in [0.25, 0.3) is 0 Å². The molecule has 0 unspecified atom stereocenters. The van der Waals surface area contributed by atoms with Gasteiger partial charge < -0.3 is 15.9 Å². The van der Waals surface area contributed by atoms with Gasteiger partial charge in [0.1, 0.15) is 0 Å². The van der Waals surface area contributed by atoms with Crippen LogP contribution in [0, 0.1) is 0 Å². The van der Waals surface area contributed by atoms with Crippen molar-refractivity contribution >= 4 is 11.9 Å². The van der Waals surface area contributed by atoms with Crippen molar-refractivity contribution in [2.45, 2.75) is 6.92 Å². The molecular formula is C7H16N2O4. The van der Waals surface area contributed by atoms with E-state index in [2.05, 4.69) is 5.73 Å². The summed E-state index contributed by atoms with van der Waals surface area (Å²) >= 11 is 0. The number of carbonyl (C=O) groups is 2. The lowest BCUT2D eigenvalue weighted by molar-refractivity contribution is -0.138. The normalized spacial score (nSPS) is 8.92. The van der Waals surface area contributed by atoms with Crippen LogP contribution in [0.2, 0.25) is 0 Å². The lowest BCUT2D eigenvalue weighted by Gasteiger charge is -2.08. The molecule has 78 valence electrons. The minimum atomic E-state index is -0.968. The molecule has 0 aromatic rings. The third-order valence-electron chi connectivity index (χ3n) is 1.12. The monoisotopic (exact) mass is 192 g/mol. The van der Waals surface area contributed by atoms with Crippen LogP contribution in [0.25, 0.3) is 0 Å². The maximum atomic E-state index is 9.93. The average Bonchev–Trinajstić information content (AvgIpc) is 2.04. The molecular weight excluding hydrogens is 176 g/mol. The standard InChI is InChI=1S/C5H11NO2.C2H5NO2/c1-3-6(2)4-5(7)8;3-1-2(4)5/h3-4H2,1-2H3,(H,7,8);1,3H2,(H,4,5). The molecule has 0 fully saturated rings. The van der Waals surface area contributed by atoms with Crippen LogP contribution in [0.3, 0.4) is 0 Å². The van der Waals surface area contributed by atoms with Crippen LogP contribution >= 0.6 is 0 Å². The highest BCUT2D eigenvalue weighted by Crippen LogP contribution is 1.77. The molecule has 0 aliphatic heterocycles. The van der Waals surface area contributed by atoms with Crippen LogP contribution < -0.4 is 5.73 Å². The number of carboxylic acids is 2. The van der Waals surface area contributed by atoms with E-state index in [0.29, 0.717) is 0 Å². The highest BCUT2D eigenvalue weighted by Gasteiger charge is 1.98. The minimum Gasteiger partial charge on any atom is -0.480 e. The molecule has 6 nitrogen and oxygen atoms in total. The second-order valence-electron chi connectivity index (χ2n) is 2.32. The predicted octanol–water partition coefficient (Wildman–Crippen LogP) is -0.948. The smallest absolute Gasteiger partial charge is 0.317 e. The molecule has 0 radical (unpaired) electrons. The van der Waals surface area contributed by atoms with Crippen molar-refractivity contribution < 1.29 is 19.8 Å². The van der Waals surface area contributed by atoms with Gasteiger partial charge in [-0.05, 0) is 13.6 Å². The van der Waals surface area contributed by atoms with E-state index in [1.165, 1.54) is 0 Å². The van der Waals surface area contributed by atoms with Gasteiger partial charge in [0.15, 0.2) is 0 Å². The molecule has 0 amide bonds. The lowest BCUT2D eigenvalue weighted by Crippen LogP contribution is -2.24. The Morgan fingerprint density at radius 1 is 1.31 bits per heavy atom. The highest BCUT2D eigenvalue weighted by atomic mass is 16.4. The van der Waals surface area contributed by atoms with E-state index >= 15 is 0 Å². The van der Waals surface area contributed by atoms with Gasteiger partial charge >= 0.3 is 11.9 Å². The largest absolute Gasteiger partial charge is 0.480 e. The molecule has 0 aliphatic rings. The second-order valence-corrected chi connectivity index (χ2v) is 2.32. The molecule has 0 aromatic carbocycles. The summed E-state index contributed by atoms with van der Waals surface area (Å²) < 4.78 is 0. The number of aliphatic carboxylic acids is 2. The molecule has 0 aliphatic carbocycles. The van der Waals surface area contributed by atoms with Crippen LogP contribution in [-0.2, 0) is 9.59 Å². The van der Waals surface area contributed by atoms with Gasteiger partial charge in [-0.25, -0.2) is 0 Å². The topological polar surface area (TPSA) is 104 Å². The third kappa shape index (κ3) is 18.1. The SMILES string of the molecule is CCN(C)CC(=O)O.NCC(=O)O. The fourth-order valence-electron chi connectivity index (χ4n) is 0.343. The van der Waals surface area contributed by atoms with Crippen molar-refractivity contribution in [2.24, 2.45) is 5.73 Å². The minimum absolute atomic E-state index is 0.135. The zero-order chi connectivity index (χ0) is 10.9. The molecule has 0 saturated carbocycles. The van der Waals surface area contributed by atoms with E-state index in [-0.39, 0.29) is 13.1 Å². The summed E-state index contributed by atoms with van der Waals surface area (Å²) in [5.41, 5.74) is 4.57. The maximum Gasteiger partial charge on any atom is 0.317 e. The molecule has 0 saturated heterocycles. The third-order valence-corrected chi connectivity index (χ3v) is 1.12. The summed E-state index contributed by atoms with van der Waals surface area (Å²) in [6.45, 7) is 2.56. The Labute approximate surface area is 76.9 Å². The van der Waals surface area contributed by atoms with Gasteiger partial charge in [0.2, 0.25) is 0 Å². The Morgan fingerprint density at radius 3 is 1.77 bits per heavy atom. The maximum absolute atomic E-state index is 9.93. The van der Waals surface area contributed by atoms with E-state index < -0.39 is 11.9 Å².